The molecule has 2 nitrogen and oxygen atoms in total. The van der Waals surface area contributed by atoms with Gasteiger partial charge < -0.3 is 10.1 Å². The molecule has 0 aliphatic heterocycles. The van der Waals surface area contributed by atoms with Crippen molar-refractivity contribution in [3.05, 3.63) is 64.6 Å². The minimum absolute atomic E-state index is 0.160. The second-order valence-corrected chi connectivity index (χ2v) is 5.31. The summed E-state index contributed by atoms with van der Waals surface area (Å²) in [6, 6.07) is 18.3. The maximum Gasteiger partial charge on any atom is 0.0732 e. The fourth-order valence-corrected chi connectivity index (χ4v) is 2.12. The quantitative estimate of drug-likeness (QED) is 0.848. The molecule has 0 amide bonds. The molecule has 1 N–H and O–H groups in total. The molecule has 0 radical (unpaired) electrons. The molecule has 100 valence electrons. The van der Waals surface area contributed by atoms with Crippen LogP contribution in [-0.2, 0) is 11.3 Å². The maximum atomic E-state index is 5.84. The average molecular weight is 320 g/mol. The first kappa shape index (κ1) is 14.1. The summed E-state index contributed by atoms with van der Waals surface area (Å²) in [6.07, 6.45) is 0.160. The molecular weight excluding hydrogens is 302 g/mol. The van der Waals surface area contributed by atoms with Gasteiger partial charge in [-0.15, -0.1) is 0 Å². The van der Waals surface area contributed by atoms with Gasteiger partial charge in [0.25, 0.3) is 0 Å². The van der Waals surface area contributed by atoms with Crippen molar-refractivity contribution in [2.75, 3.05) is 11.9 Å². The Morgan fingerprint density at radius 3 is 2.47 bits per heavy atom. The minimum Gasteiger partial charge on any atom is -0.382 e. The lowest BCUT2D eigenvalue weighted by Gasteiger charge is -2.15. The molecule has 0 bridgehead atoms. The summed E-state index contributed by atoms with van der Waals surface area (Å²) in [4.78, 5) is 0. The van der Waals surface area contributed by atoms with E-state index >= 15 is 0 Å². The van der Waals surface area contributed by atoms with Gasteiger partial charge in [-0.2, -0.15) is 0 Å². The average Bonchev–Trinajstić information content (AvgIpc) is 2.45. The molecule has 0 aliphatic carbocycles. The topological polar surface area (TPSA) is 21.3 Å². The van der Waals surface area contributed by atoms with Crippen LogP contribution < -0.4 is 5.32 Å². The second-order valence-electron chi connectivity index (χ2n) is 4.46. The molecule has 0 aromatic heterocycles. The van der Waals surface area contributed by atoms with Crippen molar-refractivity contribution in [3.63, 3.8) is 0 Å². The van der Waals surface area contributed by atoms with Gasteiger partial charge in [-0.25, -0.2) is 0 Å². The van der Waals surface area contributed by atoms with Crippen LogP contribution in [-0.4, -0.2) is 12.6 Å². The summed E-state index contributed by atoms with van der Waals surface area (Å²) in [5, 5.41) is 3.36. The lowest BCUT2D eigenvalue weighted by Crippen LogP contribution is -2.19. The lowest BCUT2D eigenvalue weighted by molar-refractivity contribution is 0.0614. The highest BCUT2D eigenvalue weighted by Gasteiger charge is 2.04. The van der Waals surface area contributed by atoms with E-state index in [0.717, 1.165) is 16.7 Å². The molecule has 0 heterocycles. The number of rotatable bonds is 6. The molecule has 1 atom stereocenters. The molecule has 0 spiro atoms. The highest BCUT2D eigenvalue weighted by Crippen LogP contribution is 2.17. The standard InChI is InChI=1S/C16H18BrNO/c1-13(11-18-15-8-3-2-4-9-15)19-12-14-7-5-6-10-16(14)17/h2-10,13,18H,11-12H2,1H3. The van der Waals surface area contributed by atoms with Gasteiger partial charge in [-0.05, 0) is 30.7 Å². The number of hydrogen-bond acceptors (Lipinski definition) is 2. The van der Waals surface area contributed by atoms with Gasteiger partial charge in [0, 0.05) is 16.7 Å². The second kappa shape index (κ2) is 7.31. The fourth-order valence-electron chi connectivity index (χ4n) is 1.72. The van der Waals surface area contributed by atoms with Gasteiger partial charge in [0.2, 0.25) is 0 Å². The summed E-state index contributed by atoms with van der Waals surface area (Å²) in [5.74, 6) is 0. The molecular formula is C16H18BrNO. The molecule has 0 aliphatic rings. The Hall–Kier alpha value is -1.32. The normalized spacial score (nSPS) is 12.1. The van der Waals surface area contributed by atoms with E-state index in [9.17, 15) is 0 Å². The van der Waals surface area contributed by atoms with Crippen LogP contribution in [0, 0.1) is 0 Å². The number of anilines is 1. The zero-order valence-electron chi connectivity index (χ0n) is 11.0. The summed E-state index contributed by atoms with van der Waals surface area (Å²) in [6.45, 7) is 3.50. The van der Waals surface area contributed by atoms with E-state index in [0.29, 0.717) is 6.61 Å². The highest BCUT2D eigenvalue weighted by atomic mass is 79.9. The van der Waals surface area contributed by atoms with Gasteiger partial charge in [-0.3, -0.25) is 0 Å². The number of para-hydroxylation sites is 1. The zero-order valence-corrected chi connectivity index (χ0v) is 12.6. The number of benzene rings is 2. The SMILES string of the molecule is CC(CNc1ccccc1)OCc1ccccc1Br. The molecule has 0 fully saturated rings. The van der Waals surface area contributed by atoms with Crippen LogP contribution in [0.15, 0.2) is 59.1 Å². The van der Waals surface area contributed by atoms with E-state index in [1.54, 1.807) is 0 Å². The Balaban J connectivity index is 1.76. The molecule has 2 rings (SSSR count). The van der Waals surface area contributed by atoms with E-state index in [4.69, 9.17) is 4.74 Å². The zero-order chi connectivity index (χ0) is 13.5. The van der Waals surface area contributed by atoms with Crippen molar-refractivity contribution in [2.45, 2.75) is 19.6 Å². The Kier molecular flexibility index (Phi) is 5.43. The van der Waals surface area contributed by atoms with E-state index in [2.05, 4.69) is 46.4 Å². The Morgan fingerprint density at radius 1 is 1.05 bits per heavy atom. The molecule has 3 heteroatoms. The number of halogens is 1. The van der Waals surface area contributed by atoms with Crippen molar-refractivity contribution in [1.29, 1.82) is 0 Å². The molecule has 0 saturated heterocycles. The predicted octanol–water partition coefficient (Wildman–Crippen LogP) is 4.47. The van der Waals surface area contributed by atoms with E-state index in [-0.39, 0.29) is 6.10 Å². The molecule has 1 unspecified atom stereocenters. The van der Waals surface area contributed by atoms with E-state index < -0.39 is 0 Å². The summed E-state index contributed by atoms with van der Waals surface area (Å²) in [5.41, 5.74) is 2.30. The summed E-state index contributed by atoms with van der Waals surface area (Å²) >= 11 is 3.53. The third-order valence-electron chi connectivity index (χ3n) is 2.85. The molecule has 0 saturated carbocycles. The van der Waals surface area contributed by atoms with Crippen molar-refractivity contribution in [2.24, 2.45) is 0 Å². The predicted molar refractivity (Wildman–Crippen MR) is 83.3 cm³/mol. The maximum absolute atomic E-state index is 5.84. The number of nitrogens with one attached hydrogen (secondary N) is 1. The van der Waals surface area contributed by atoms with E-state index in [1.165, 1.54) is 5.56 Å². The third-order valence-corrected chi connectivity index (χ3v) is 3.62. The van der Waals surface area contributed by atoms with Crippen LogP contribution in [0.25, 0.3) is 0 Å². The van der Waals surface area contributed by atoms with Crippen molar-refractivity contribution < 1.29 is 4.74 Å². The molecule has 2 aromatic carbocycles. The first-order valence-corrected chi connectivity index (χ1v) is 7.19. The van der Waals surface area contributed by atoms with Crippen LogP contribution in [0.1, 0.15) is 12.5 Å². The van der Waals surface area contributed by atoms with Crippen molar-refractivity contribution >= 4 is 21.6 Å². The van der Waals surface area contributed by atoms with E-state index in [1.807, 2.05) is 36.4 Å². The number of hydrogen-bond donors (Lipinski definition) is 1. The fraction of sp³-hybridized carbons (Fsp3) is 0.250. The first-order valence-electron chi connectivity index (χ1n) is 6.39. The highest BCUT2D eigenvalue weighted by molar-refractivity contribution is 9.10. The van der Waals surface area contributed by atoms with Gasteiger partial charge >= 0.3 is 0 Å². The lowest BCUT2D eigenvalue weighted by atomic mass is 10.2. The van der Waals surface area contributed by atoms with Crippen molar-refractivity contribution in [3.8, 4) is 0 Å². The van der Waals surface area contributed by atoms with Crippen LogP contribution in [0.4, 0.5) is 5.69 Å². The smallest absolute Gasteiger partial charge is 0.0732 e. The van der Waals surface area contributed by atoms with Gasteiger partial charge in [0.15, 0.2) is 0 Å². The van der Waals surface area contributed by atoms with Crippen molar-refractivity contribution in [1.82, 2.24) is 0 Å². The Labute approximate surface area is 122 Å². The van der Waals surface area contributed by atoms with Crippen LogP contribution in [0.2, 0.25) is 0 Å². The minimum atomic E-state index is 0.160. The largest absolute Gasteiger partial charge is 0.382 e. The molecule has 2 aromatic rings. The Bertz CT molecular complexity index is 501. The first-order chi connectivity index (χ1) is 9.25. The summed E-state index contributed by atoms with van der Waals surface area (Å²) < 4.78 is 6.93. The van der Waals surface area contributed by atoms with Gasteiger partial charge in [-0.1, -0.05) is 52.3 Å². The van der Waals surface area contributed by atoms with Gasteiger partial charge in [0.1, 0.15) is 0 Å². The van der Waals surface area contributed by atoms with Gasteiger partial charge in [0.05, 0.1) is 12.7 Å². The monoisotopic (exact) mass is 319 g/mol. The van der Waals surface area contributed by atoms with Crippen LogP contribution in [0.3, 0.4) is 0 Å². The Morgan fingerprint density at radius 2 is 1.74 bits per heavy atom. The summed E-state index contributed by atoms with van der Waals surface area (Å²) in [7, 11) is 0. The third kappa shape index (κ3) is 4.69. The van der Waals surface area contributed by atoms with Crippen LogP contribution >= 0.6 is 15.9 Å². The number of ether oxygens (including phenoxy) is 1. The van der Waals surface area contributed by atoms with Crippen LogP contribution in [0.5, 0.6) is 0 Å². The molecule has 19 heavy (non-hydrogen) atoms.